The maximum absolute atomic E-state index is 12.9. The summed E-state index contributed by atoms with van der Waals surface area (Å²) in [6.07, 6.45) is 6.56. The molecule has 1 N–H and O–H groups in total. The first-order chi connectivity index (χ1) is 16.7. The summed E-state index contributed by atoms with van der Waals surface area (Å²) in [5.41, 5.74) is 4.34. The fourth-order valence-electron chi connectivity index (χ4n) is 4.29. The topological polar surface area (TPSA) is 81.9 Å². The second-order valence-corrected chi connectivity index (χ2v) is 9.02. The largest absolute Gasteiger partial charge is 0.497 e. The molecule has 7 nitrogen and oxygen atoms in total. The number of aromatic nitrogens is 4. The molecule has 1 aliphatic carbocycles. The Morgan fingerprint density at radius 3 is 2.68 bits per heavy atom. The van der Waals surface area contributed by atoms with Gasteiger partial charge in [-0.2, -0.15) is 0 Å². The number of methoxy groups -OCH3 is 1. The summed E-state index contributed by atoms with van der Waals surface area (Å²) in [5, 5.41) is 12.7. The number of carbonyl (C=O) groups is 1. The molecule has 2 aromatic carbocycles. The third kappa shape index (κ3) is 4.68. The predicted molar refractivity (Wildman–Crippen MR) is 132 cm³/mol. The van der Waals surface area contributed by atoms with Gasteiger partial charge in [0.05, 0.1) is 18.9 Å². The van der Waals surface area contributed by atoms with Crippen LogP contribution in [0.2, 0.25) is 0 Å². The minimum absolute atomic E-state index is 0.0126. The molecule has 2 aromatic heterocycles. The summed E-state index contributed by atoms with van der Waals surface area (Å²) in [6, 6.07) is 19.9. The molecule has 0 radical (unpaired) electrons. The number of rotatable bonds is 7. The van der Waals surface area contributed by atoms with E-state index in [0.717, 1.165) is 36.3 Å². The van der Waals surface area contributed by atoms with Crippen molar-refractivity contribution in [2.24, 2.45) is 0 Å². The quantitative estimate of drug-likeness (QED) is 0.396. The third-order valence-electron chi connectivity index (χ3n) is 5.94. The Balaban J connectivity index is 1.36. The number of pyridine rings is 1. The number of ether oxygens (including phenoxy) is 1. The van der Waals surface area contributed by atoms with Crippen molar-refractivity contribution in [1.29, 1.82) is 0 Å². The van der Waals surface area contributed by atoms with E-state index < -0.39 is 0 Å². The number of carbonyl (C=O) groups excluding carboxylic acids is 1. The molecule has 8 heteroatoms. The van der Waals surface area contributed by atoms with Crippen molar-refractivity contribution in [3.05, 3.63) is 84.2 Å². The fraction of sp³-hybridized carbons (Fsp3) is 0.231. The van der Waals surface area contributed by atoms with Crippen LogP contribution >= 0.6 is 11.8 Å². The Morgan fingerprint density at radius 1 is 1.09 bits per heavy atom. The van der Waals surface area contributed by atoms with Gasteiger partial charge < -0.3 is 10.1 Å². The zero-order chi connectivity index (χ0) is 23.3. The van der Waals surface area contributed by atoms with Gasteiger partial charge in [0.15, 0.2) is 11.0 Å². The number of benzene rings is 2. The van der Waals surface area contributed by atoms with Gasteiger partial charge in [-0.25, -0.2) is 0 Å². The fourth-order valence-corrected chi connectivity index (χ4v) is 5.05. The number of thioether (sulfide) groups is 1. The van der Waals surface area contributed by atoms with Gasteiger partial charge in [-0.15, -0.1) is 10.2 Å². The summed E-state index contributed by atoms with van der Waals surface area (Å²) in [6.45, 7) is 0. The lowest BCUT2D eigenvalue weighted by atomic mass is 9.88. The number of hydrogen-bond acceptors (Lipinski definition) is 6. The van der Waals surface area contributed by atoms with Crippen molar-refractivity contribution in [2.45, 2.75) is 30.5 Å². The van der Waals surface area contributed by atoms with Crippen molar-refractivity contribution in [1.82, 2.24) is 25.1 Å². The summed E-state index contributed by atoms with van der Waals surface area (Å²) in [7, 11) is 1.64. The Bertz CT molecular complexity index is 1270. The van der Waals surface area contributed by atoms with Gasteiger partial charge in [0.2, 0.25) is 5.91 Å². The highest BCUT2D eigenvalue weighted by molar-refractivity contribution is 7.99. The average Bonchev–Trinajstić information content (AvgIpc) is 3.32. The van der Waals surface area contributed by atoms with Crippen molar-refractivity contribution in [3.63, 3.8) is 0 Å². The van der Waals surface area contributed by atoms with E-state index in [9.17, 15) is 4.79 Å². The molecule has 172 valence electrons. The van der Waals surface area contributed by atoms with Crippen LogP contribution in [-0.4, -0.2) is 38.5 Å². The second-order valence-electron chi connectivity index (χ2n) is 8.08. The molecule has 4 aromatic rings. The summed E-state index contributed by atoms with van der Waals surface area (Å²) < 4.78 is 7.26. The van der Waals surface area contributed by atoms with Crippen molar-refractivity contribution in [3.8, 4) is 22.8 Å². The van der Waals surface area contributed by atoms with E-state index in [1.807, 2.05) is 47.0 Å². The lowest BCUT2D eigenvalue weighted by Gasteiger charge is -2.26. The van der Waals surface area contributed by atoms with Gasteiger partial charge in [-0.05, 0) is 66.8 Å². The second kappa shape index (κ2) is 10.1. The van der Waals surface area contributed by atoms with E-state index >= 15 is 0 Å². The van der Waals surface area contributed by atoms with Crippen LogP contribution in [0, 0.1) is 0 Å². The molecule has 0 spiro atoms. The number of nitrogens with one attached hydrogen (secondary N) is 1. The Labute approximate surface area is 202 Å². The van der Waals surface area contributed by atoms with Gasteiger partial charge in [0.25, 0.3) is 0 Å². The van der Waals surface area contributed by atoms with Crippen LogP contribution in [0.15, 0.2) is 78.2 Å². The maximum atomic E-state index is 12.9. The van der Waals surface area contributed by atoms with Crippen molar-refractivity contribution in [2.75, 3.05) is 12.9 Å². The van der Waals surface area contributed by atoms with Crippen LogP contribution in [-0.2, 0) is 11.2 Å². The van der Waals surface area contributed by atoms with E-state index in [2.05, 4.69) is 38.7 Å². The van der Waals surface area contributed by atoms with Crippen LogP contribution in [0.1, 0.15) is 30.0 Å². The highest BCUT2D eigenvalue weighted by atomic mass is 32.2. The molecule has 1 aliphatic rings. The van der Waals surface area contributed by atoms with E-state index in [4.69, 9.17) is 4.74 Å². The van der Waals surface area contributed by atoms with Gasteiger partial charge in [0, 0.05) is 23.6 Å². The van der Waals surface area contributed by atoms with Gasteiger partial charge >= 0.3 is 0 Å². The molecular weight excluding hydrogens is 446 g/mol. The predicted octanol–water partition coefficient (Wildman–Crippen LogP) is 4.62. The lowest BCUT2D eigenvalue weighted by Crippen LogP contribution is -2.32. The molecule has 0 saturated heterocycles. The summed E-state index contributed by atoms with van der Waals surface area (Å²) >= 11 is 1.38. The molecule has 5 rings (SSSR count). The zero-order valence-electron chi connectivity index (χ0n) is 18.8. The SMILES string of the molecule is COc1ccc(-n2c(SCC(=O)N[C@H]3CCCc4ccccc43)nnc2-c2ccncc2)cc1. The first-order valence-corrected chi connectivity index (χ1v) is 12.2. The van der Waals surface area contributed by atoms with E-state index in [1.54, 1.807) is 19.5 Å². The molecule has 1 amide bonds. The molecule has 0 aliphatic heterocycles. The molecule has 1 atom stereocenters. The summed E-state index contributed by atoms with van der Waals surface area (Å²) in [5.74, 6) is 1.70. The average molecular weight is 472 g/mol. The van der Waals surface area contributed by atoms with E-state index in [1.165, 1.54) is 22.9 Å². The van der Waals surface area contributed by atoms with E-state index in [0.29, 0.717) is 11.0 Å². The molecule has 0 bridgehead atoms. The van der Waals surface area contributed by atoms with Crippen LogP contribution < -0.4 is 10.1 Å². The van der Waals surface area contributed by atoms with Crippen molar-refractivity contribution >= 4 is 17.7 Å². The van der Waals surface area contributed by atoms with Crippen LogP contribution in [0.4, 0.5) is 0 Å². The molecule has 0 unspecified atom stereocenters. The molecule has 2 heterocycles. The van der Waals surface area contributed by atoms with Gasteiger partial charge in [0.1, 0.15) is 5.75 Å². The minimum Gasteiger partial charge on any atom is -0.497 e. The lowest BCUT2D eigenvalue weighted by molar-refractivity contribution is -0.119. The van der Waals surface area contributed by atoms with E-state index in [-0.39, 0.29) is 17.7 Å². The van der Waals surface area contributed by atoms with Crippen LogP contribution in [0.25, 0.3) is 17.1 Å². The zero-order valence-corrected chi connectivity index (χ0v) is 19.7. The monoisotopic (exact) mass is 471 g/mol. The first-order valence-electron chi connectivity index (χ1n) is 11.2. The Morgan fingerprint density at radius 2 is 1.88 bits per heavy atom. The highest BCUT2D eigenvalue weighted by Gasteiger charge is 2.22. The first kappa shape index (κ1) is 22.2. The third-order valence-corrected chi connectivity index (χ3v) is 6.87. The minimum atomic E-state index is -0.0126. The highest BCUT2D eigenvalue weighted by Crippen LogP contribution is 2.31. The molecule has 0 fully saturated rings. The number of nitrogens with zero attached hydrogens (tertiary/aromatic N) is 4. The molecular formula is C26H25N5O2S. The normalized spacial score (nSPS) is 14.9. The standard InChI is InChI=1S/C26H25N5O2S/c1-33-21-11-9-20(10-12-21)31-25(19-13-15-27-16-14-19)29-30-26(31)34-17-24(32)28-23-8-4-6-18-5-2-3-7-22(18)23/h2-3,5,7,9-16,23H,4,6,8,17H2,1H3,(H,28,32)/t23-/m0/s1. The van der Waals surface area contributed by atoms with Gasteiger partial charge in [-0.3, -0.25) is 14.3 Å². The van der Waals surface area contributed by atoms with Crippen LogP contribution in [0.3, 0.4) is 0 Å². The summed E-state index contributed by atoms with van der Waals surface area (Å²) in [4.78, 5) is 17.0. The van der Waals surface area contributed by atoms with Crippen LogP contribution in [0.5, 0.6) is 5.75 Å². The number of fused-ring (bicyclic) bond motifs is 1. The smallest absolute Gasteiger partial charge is 0.230 e. The number of aryl methyl sites for hydroxylation is 1. The van der Waals surface area contributed by atoms with Gasteiger partial charge in [-0.1, -0.05) is 36.0 Å². The molecule has 0 saturated carbocycles. The number of amides is 1. The number of hydrogen-bond donors (Lipinski definition) is 1. The Kier molecular flexibility index (Phi) is 6.58. The Hall–Kier alpha value is -3.65. The maximum Gasteiger partial charge on any atom is 0.230 e. The molecule has 34 heavy (non-hydrogen) atoms. The van der Waals surface area contributed by atoms with Crippen molar-refractivity contribution < 1.29 is 9.53 Å².